The number of nitrogens with one attached hydrogen (secondary N) is 1. The molecule has 19 heavy (non-hydrogen) atoms. The first-order valence-electron chi connectivity index (χ1n) is 5.48. The molecule has 7 heteroatoms. The average molecular weight is 280 g/mol. The lowest BCUT2D eigenvalue weighted by Gasteiger charge is -2.05. The molecular weight excluding hydrogens is 268 g/mol. The molecule has 0 aliphatic carbocycles. The number of aromatic nitrogens is 1. The molecule has 1 N–H and O–H groups in total. The maximum atomic E-state index is 11.8. The van der Waals surface area contributed by atoms with Gasteiger partial charge in [0.15, 0.2) is 0 Å². The molecule has 0 aromatic carbocycles. The number of pyridine rings is 1. The number of sulfonamides is 1. The van der Waals surface area contributed by atoms with Crippen LogP contribution >= 0.6 is 0 Å². The molecule has 0 bridgehead atoms. The van der Waals surface area contributed by atoms with E-state index in [-0.39, 0.29) is 12.2 Å². The minimum Gasteiger partial charge on any atom is -0.472 e. The first-order valence-corrected chi connectivity index (χ1v) is 7.14. The van der Waals surface area contributed by atoms with Crippen LogP contribution in [0.15, 0.2) is 47.5 Å². The lowest BCUT2D eigenvalue weighted by molar-refractivity contribution is -0.118. The van der Waals surface area contributed by atoms with Gasteiger partial charge < -0.3 is 4.42 Å². The third-order valence-electron chi connectivity index (χ3n) is 2.29. The van der Waals surface area contributed by atoms with Crippen LogP contribution in [-0.4, -0.2) is 19.3 Å². The van der Waals surface area contributed by atoms with Crippen molar-refractivity contribution in [1.82, 2.24) is 9.71 Å². The number of furan rings is 1. The highest BCUT2D eigenvalue weighted by Crippen LogP contribution is 2.04. The molecule has 0 radical (unpaired) electrons. The van der Waals surface area contributed by atoms with Crippen LogP contribution in [0.1, 0.15) is 11.1 Å². The lowest BCUT2D eigenvalue weighted by atomic mass is 10.2. The minimum absolute atomic E-state index is 0.0389. The Labute approximate surface area is 110 Å². The monoisotopic (exact) mass is 280 g/mol. The van der Waals surface area contributed by atoms with Gasteiger partial charge in [-0.25, -0.2) is 8.42 Å². The van der Waals surface area contributed by atoms with E-state index >= 15 is 0 Å². The Bertz CT molecular complexity index is 636. The van der Waals surface area contributed by atoms with Crippen molar-refractivity contribution in [2.45, 2.75) is 12.2 Å². The van der Waals surface area contributed by atoms with Gasteiger partial charge in [-0.3, -0.25) is 14.5 Å². The summed E-state index contributed by atoms with van der Waals surface area (Å²) in [6.45, 7) is 0. The van der Waals surface area contributed by atoms with Gasteiger partial charge in [-0.1, -0.05) is 6.07 Å². The van der Waals surface area contributed by atoms with Gasteiger partial charge in [-0.15, -0.1) is 0 Å². The Hall–Kier alpha value is -2.15. The predicted molar refractivity (Wildman–Crippen MR) is 67.4 cm³/mol. The highest BCUT2D eigenvalue weighted by molar-refractivity contribution is 7.89. The molecule has 0 spiro atoms. The van der Waals surface area contributed by atoms with Crippen molar-refractivity contribution in [1.29, 1.82) is 0 Å². The molecule has 100 valence electrons. The van der Waals surface area contributed by atoms with Crippen LogP contribution in [-0.2, 0) is 27.0 Å². The maximum absolute atomic E-state index is 11.8. The molecule has 0 unspecified atom stereocenters. The normalized spacial score (nSPS) is 11.2. The summed E-state index contributed by atoms with van der Waals surface area (Å²) in [6, 6.07) is 4.87. The van der Waals surface area contributed by atoms with E-state index in [1.165, 1.54) is 18.7 Å². The second kappa shape index (κ2) is 5.66. The van der Waals surface area contributed by atoms with Crippen molar-refractivity contribution < 1.29 is 17.6 Å². The second-order valence-electron chi connectivity index (χ2n) is 3.95. The van der Waals surface area contributed by atoms with Crippen molar-refractivity contribution in [2.75, 3.05) is 0 Å². The fourth-order valence-electron chi connectivity index (χ4n) is 1.53. The molecule has 0 fully saturated rings. The maximum Gasteiger partial charge on any atom is 0.239 e. The highest BCUT2D eigenvalue weighted by Gasteiger charge is 2.16. The molecule has 2 aromatic heterocycles. The predicted octanol–water partition coefficient (Wildman–Crippen LogP) is 0.863. The van der Waals surface area contributed by atoms with Crippen molar-refractivity contribution >= 4 is 15.9 Å². The summed E-state index contributed by atoms with van der Waals surface area (Å²) in [4.78, 5) is 15.4. The number of carbonyl (C=O) groups is 1. The standard InChI is InChI=1S/C12H12N2O4S/c15-12(6-10-3-5-18-8-10)14-19(16,17)9-11-2-1-4-13-7-11/h1-5,7-8H,6,9H2,(H,14,15). The van der Waals surface area contributed by atoms with Crippen molar-refractivity contribution in [2.24, 2.45) is 0 Å². The van der Waals surface area contributed by atoms with Gasteiger partial charge in [0.2, 0.25) is 15.9 Å². The van der Waals surface area contributed by atoms with E-state index in [0.29, 0.717) is 11.1 Å². The van der Waals surface area contributed by atoms with Crippen LogP contribution in [0, 0.1) is 0 Å². The van der Waals surface area contributed by atoms with E-state index in [9.17, 15) is 13.2 Å². The van der Waals surface area contributed by atoms with Gasteiger partial charge in [-0.05, 0) is 23.3 Å². The molecule has 0 saturated heterocycles. The first-order chi connectivity index (χ1) is 9.05. The van der Waals surface area contributed by atoms with Crippen LogP contribution in [0.25, 0.3) is 0 Å². The third-order valence-corrected chi connectivity index (χ3v) is 3.55. The first kappa shape index (κ1) is 13.3. The SMILES string of the molecule is O=C(Cc1ccoc1)NS(=O)(=O)Cc1cccnc1. The number of nitrogens with zero attached hydrogens (tertiary/aromatic N) is 1. The molecule has 0 aliphatic rings. The number of carbonyl (C=O) groups excluding carboxylic acids is 1. The molecule has 0 saturated carbocycles. The Morgan fingerprint density at radius 2 is 2.16 bits per heavy atom. The number of hydrogen-bond donors (Lipinski definition) is 1. The van der Waals surface area contributed by atoms with Gasteiger partial charge in [0.25, 0.3) is 0 Å². The minimum atomic E-state index is -3.71. The zero-order chi connectivity index (χ0) is 13.7. The zero-order valence-corrected chi connectivity index (χ0v) is 10.8. The van der Waals surface area contributed by atoms with Crippen LogP contribution < -0.4 is 4.72 Å². The van der Waals surface area contributed by atoms with Crippen LogP contribution in [0.4, 0.5) is 0 Å². The molecule has 1 amide bonds. The summed E-state index contributed by atoms with van der Waals surface area (Å²) in [5.74, 6) is -0.872. The summed E-state index contributed by atoms with van der Waals surface area (Å²) in [5, 5.41) is 0. The van der Waals surface area contributed by atoms with Crippen molar-refractivity contribution in [3.8, 4) is 0 Å². The van der Waals surface area contributed by atoms with Gasteiger partial charge in [0.1, 0.15) is 0 Å². The van der Waals surface area contributed by atoms with E-state index in [1.54, 1.807) is 24.4 Å². The van der Waals surface area contributed by atoms with Gasteiger partial charge in [0.05, 0.1) is 24.7 Å². The fourth-order valence-corrected chi connectivity index (χ4v) is 2.63. The summed E-state index contributed by atoms with van der Waals surface area (Å²) in [5.41, 5.74) is 1.14. The van der Waals surface area contributed by atoms with Crippen LogP contribution in [0.3, 0.4) is 0 Å². The molecule has 2 heterocycles. The smallest absolute Gasteiger partial charge is 0.239 e. The molecule has 6 nitrogen and oxygen atoms in total. The molecule has 0 aliphatic heterocycles. The number of hydrogen-bond acceptors (Lipinski definition) is 5. The Kier molecular flexibility index (Phi) is 3.96. The highest BCUT2D eigenvalue weighted by atomic mass is 32.2. The summed E-state index contributed by atoms with van der Waals surface area (Å²) in [6.07, 6.45) is 5.77. The van der Waals surface area contributed by atoms with Crippen molar-refractivity contribution in [3.63, 3.8) is 0 Å². The summed E-state index contributed by atoms with van der Waals surface area (Å²) >= 11 is 0. The Morgan fingerprint density at radius 1 is 1.32 bits per heavy atom. The largest absolute Gasteiger partial charge is 0.472 e. The molecule has 2 aromatic rings. The Balaban J connectivity index is 1.95. The molecular formula is C12H12N2O4S. The van der Waals surface area contributed by atoms with E-state index in [2.05, 4.69) is 4.98 Å². The topological polar surface area (TPSA) is 89.3 Å². The average Bonchev–Trinajstić information content (AvgIpc) is 2.81. The van der Waals surface area contributed by atoms with E-state index in [0.717, 1.165) is 0 Å². The quantitative estimate of drug-likeness (QED) is 0.877. The lowest BCUT2D eigenvalue weighted by Crippen LogP contribution is -2.32. The number of amides is 1. The molecule has 2 rings (SSSR count). The second-order valence-corrected chi connectivity index (χ2v) is 5.68. The summed E-state index contributed by atoms with van der Waals surface area (Å²) in [7, 11) is -3.71. The Morgan fingerprint density at radius 3 is 2.79 bits per heavy atom. The van der Waals surface area contributed by atoms with E-state index < -0.39 is 15.9 Å². The van der Waals surface area contributed by atoms with Crippen LogP contribution in [0.2, 0.25) is 0 Å². The zero-order valence-electron chi connectivity index (χ0n) is 9.94. The van der Waals surface area contributed by atoms with E-state index in [4.69, 9.17) is 4.42 Å². The van der Waals surface area contributed by atoms with Crippen molar-refractivity contribution in [3.05, 3.63) is 54.2 Å². The van der Waals surface area contributed by atoms with E-state index in [1.807, 2.05) is 4.72 Å². The summed E-state index contributed by atoms with van der Waals surface area (Å²) < 4.78 is 30.3. The fraction of sp³-hybridized carbons (Fsp3) is 0.167. The van der Waals surface area contributed by atoms with Gasteiger partial charge in [0, 0.05) is 12.4 Å². The molecule has 0 atom stereocenters. The number of rotatable bonds is 5. The van der Waals surface area contributed by atoms with Gasteiger partial charge >= 0.3 is 0 Å². The third kappa shape index (κ3) is 4.22. The van der Waals surface area contributed by atoms with Crippen LogP contribution in [0.5, 0.6) is 0 Å². The van der Waals surface area contributed by atoms with Gasteiger partial charge in [-0.2, -0.15) is 0 Å².